The zero-order valence-corrected chi connectivity index (χ0v) is 11.4. The number of nitrogens with one attached hydrogen (secondary N) is 1. The summed E-state index contributed by atoms with van der Waals surface area (Å²) >= 11 is 0. The van der Waals surface area contributed by atoms with Crippen LogP contribution in [0, 0.1) is 20.2 Å². The number of nitro groups is 2. The van der Waals surface area contributed by atoms with Crippen LogP contribution in [0.1, 0.15) is 12.8 Å². The van der Waals surface area contributed by atoms with E-state index in [0.717, 1.165) is 6.08 Å². The zero-order chi connectivity index (χ0) is 16.7. The molecule has 0 aromatic carbocycles. The van der Waals surface area contributed by atoms with E-state index in [-0.39, 0.29) is 30.0 Å². The molecule has 2 bridgehead atoms. The van der Waals surface area contributed by atoms with Crippen molar-refractivity contribution in [1.82, 2.24) is 0 Å². The standard InChI is InChI=1S/C11H14N4O7/c12-9(18)7-1-10(14(19)20)4-11(2-7,15(21)22)6-13(5-10)3-8(16)17/h1H,2-6H2,(H2,12,18)(H,16,17)/t10-,11-/m0/s1. The quantitative estimate of drug-likeness (QED) is 0.382. The SMILES string of the molecule is NC(=O)C1=C[C@@]2([N+](=O)[O-])C[NH+](CC(=O)[O-])C[C@]([N+](=O)[O-])(C1)C2. The Hall–Kier alpha value is -2.56. The molecular weight excluding hydrogens is 300 g/mol. The van der Waals surface area contributed by atoms with Gasteiger partial charge in [-0.05, 0) is 0 Å². The molecule has 0 aromatic rings. The van der Waals surface area contributed by atoms with Crippen molar-refractivity contribution >= 4 is 11.9 Å². The average Bonchev–Trinajstić information content (AvgIpc) is 2.36. The number of likely N-dealkylation sites (tertiary alicyclic amines) is 1. The first-order valence-corrected chi connectivity index (χ1v) is 6.44. The number of primary amides is 1. The molecule has 1 heterocycles. The molecule has 2 aliphatic rings. The number of carboxylic acid groups (broad SMARTS) is 1. The fraction of sp³-hybridized carbons (Fsp3) is 0.636. The van der Waals surface area contributed by atoms with Gasteiger partial charge < -0.3 is 20.5 Å². The van der Waals surface area contributed by atoms with Gasteiger partial charge in [-0.1, -0.05) is 0 Å². The highest BCUT2D eigenvalue weighted by Gasteiger charge is 2.67. The number of hydrogen-bond acceptors (Lipinski definition) is 7. The Labute approximate surface area is 123 Å². The van der Waals surface area contributed by atoms with Gasteiger partial charge in [0.2, 0.25) is 5.91 Å². The van der Waals surface area contributed by atoms with Crippen LogP contribution in [0.15, 0.2) is 11.6 Å². The normalized spacial score (nSPS) is 33.6. The maximum atomic E-state index is 11.5. The molecular formula is C11H14N4O7. The Bertz CT molecular complexity index is 603. The largest absolute Gasteiger partial charge is 0.544 e. The van der Waals surface area contributed by atoms with Gasteiger partial charge in [-0.3, -0.25) is 25.0 Å². The van der Waals surface area contributed by atoms with Crippen molar-refractivity contribution in [2.45, 2.75) is 23.9 Å². The summed E-state index contributed by atoms with van der Waals surface area (Å²) in [6.45, 7) is -1.10. The summed E-state index contributed by atoms with van der Waals surface area (Å²) < 4.78 is 0. The van der Waals surface area contributed by atoms with Gasteiger partial charge in [0.15, 0.2) is 6.54 Å². The minimum atomic E-state index is -1.88. The molecule has 1 amide bonds. The number of piperidine rings is 1. The highest BCUT2D eigenvalue weighted by molar-refractivity contribution is 5.92. The summed E-state index contributed by atoms with van der Waals surface area (Å²) in [5.41, 5.74) is 1.32. The number of rotatable bonds is 5. The molecule has 1 aliphatic carbocycles. The smallest absolute Gasteiger partial charge is 0.295 e. The van der Waals surface area contributed by atoms with Crippen LogP contribution < -0.4 is 15.7 Å². The first-order chi connectivity index (χ1) is 10.1. The van der Waals surface area contributed by atoms with Gasteiger partial charge in [0.1, 0.15) is 19.5 Å². The van der Waals surface area contributed by atoms with Gasteiger partial charge >= 0.3 is 0 Å². The number of hydrogen-bond donors (Lipinski definition) is 2. The number of amides is 1. The molecule has 0 saturated carbocycles. The summed E-state index contributed by atoms with van der Waals surface area (Å²) in [4.78, 5) is 43.8. The molecule has 1 unspecified atom stereocenters. The number of aliphatic carboxylic acids is 1. The Morgan fingerprint density at radius 3 is 2.36 bits per heavy atom. The second-order valence-corrected chi connectivity index (χ2v) is 5.88. The van der Waals surface area contributed by atoms with E-state index in [1.807, 2.05) is 0 Å². The van der Waals surface area contributed by atoms with Crippen LogP contribution in [0.3, 0.4) is 0 Å². The van der Waals surface area contributed by atoms with Gasteiger partial charge in [-0.15, -0.1) is 0 Å². The predicted molar refractivity (Wildman–Crippen MR) is 66.5 cm³/mol. The third-order valence-corrected chi connectivity index (χ3v) is 4.19. The minimum absolute atomic E-state index is 0.160. The van der Waals surface area contributed by atoms with Crippen molar-refractivity contribution in [3.05, 3.63) is 31.9 Å². The lowest BCUT2D eigenvalue weighted by Crippen LogP contribution is -3.19. The maximum Gasteiger partial charge on any atom is 0.295 e. The number of fused-ring (bicyclic) bond motifs is 2. The minimum Gasteiger partial charge on any atom is -0.544 e. The topological polar surface area (TPSA) is 174 Å². The molecule has 3 atom stereocenters. The molecule has 11 heteroatoms. The molecule has 2 rings (SSSR count). The van der Waals surface area contributed by atoms with Gasteiger partial charge in [-0.2, -0.15) is 0 Å². The lowest BCUT2D eigenvalue weighted by Gasteiger charge is -2.42. The van der Waals surface area contributed by atoms with E-state index < -0.39 is 45.8 Å². The molecule has 0 radical (unpaired) electrons. The molecule has 3 N–H and O–H groups in total. The number of carbonyl (C=O) groups excluding carboxylic acids is 2. The van der Waals surface area contributed by atoms with E-state index in [2.05, 4.69) is 0 Å². The molecule has 120 valence electrons. The lowest BCUT2D eigenvalue weighted by molar-refractivity contribution is -0.938. The second kappa shape index (κ2) is 5.02. The summed E-state index contributed by atoms with van der Waals surface area (Å²) in [6.07, 6.45) is 0.306. The Kier molecular flexibility index (Phi) is 3.61. The first-order valence-electron chi connectivity index (χ1n) is 6.44. The number of nitrogens with two attached hydrogens (primary N) is 1. The van der Waals surface area contributed by atoms with Crippen LogP contribution in [-0.2, 0) is 9.59 Å². The van der Waals surface area contributed by atoms with E-state index in [1.165, 1.54) is 0 Å². The molecule has 22 heavy (non-hydrogen) atoms. The second-order valence-electron chi connectivity index (χ2n) is 5.88. The van der Waals surface area contributed by atoms with Gasteiger partial charge in [0.05, 0.1) is 12.4 Å². The number of carboxylic acids is 1. The zero-order valence-electron chi connectivity index (χ0n) is 11.4. The van der Waals surface area contributed by atoms with Crippen LogP contribution in [0.2, 0.25) is 0 Å². The molecule has 0 spiro atoms. The summed E-state index contributed by atoms with van der Waals surface area (Å²) in [7, 11) is 0. The van der Waals surface area contributed by atoms with Crippen molar-refractivity contribution in [1.29, 1.82) is 0 Å². The van der Waals surface area contributed by atoms with Gasteiger partial charge in [0, 0.05) is 21.5 Å². The third kappa shape index (κ3) is 2.50. The third-order valence-electron chi connectivity index (χ3n) is 4.19. The van der Waals surface area contributed by atoms with Crippen LogP contribution in [-0.4, -0.2) is 52.4 Å². The Morgan fingerprint density at radius 2 is 1.91 bits per heavy atom. The van der Waals surface area contributed by atoms with Crippen LogP contribution in [0.4, 0.5) is 0 Å². The molecule has 1 saturated heterocycles. The predicted octanol–water partition coefficient (Wildman–Crippen LogP) is -4.13. The van der Waals surface area contributed by atoms with Crippen molar-refractivity contribution in [3.8, 4) is 0 Å². The monoisotopic (exact) mass is 314 g/mol. The van der Waals surface area contributed by atoms with Crippen LogP contribution >= 0.6 is 0 Å². The van der Waals surface area contributed by atoms with Gasteiger partial charge in [0.25, 0.3) is 11.1 Å². The lowest BCUT2D eigenvalue weighted by atomic mass is 9.69. The van der Waals surface area contributed by atoms with Crippen LogP contribution in [0.25, 0.3) is 0 Å². The molecule has 1 aliphatic heterocycles. The Balaban J connectivity index is 2.54. The van der Waals surface area contributed by atoms with E-state index in [9.17, 15) is 34.9 Å². The highest BCUT2D eigenvalue weighted by atomic mass is 16.6. The van der Waals surface area contributed by atoms with Crippen molar-refractivity contribution < 1.29 is 29.4 Å². The van der Waals surface area contributed by atoms with Crippen molar-refractivity contribution in [3.63, 3.8) is 0 Å². The number of nitrogens with zero attached hydrogens (tertiary/aromatic N) is 2. The van der Waals surface area contributed by atoms with E-state index in [1.54, 1.807) is 0 Å². The van der Waals surface area contributed by atoms with E-state index in [0.29, 0.717) is 0 Å². The van der Waals surface area contributed by atoms with E-state index >= 15 is 0 Å². The fourth-order valence-electron chi connectivity index (χ4n) is 3.48. The fourth-order valence-corrected chi connectivity index (χ4v) is 3.48. The number of carbonyl (C=O) groups is 2. The van der Waals surface area contributed by atoms with Gasteiger partial charge in [-0.25, -0.2) is 0 Å². The summed E-state index contributed by atoms with van der Waals surface area (Å²) in [6, 6.07) is 0. The van der Waals surface area contributed by atoms with Crippen LogP contribution in [0.5, 0.6) is 0 Å². The molecule has 0 aromatic heterocycles. The van der Waals surface area contributed by atoms with Crippen molar-refractivity contribution in [2.24, 2.45) is 5.73 Å². The maximum absolute atomic E-state index is 11.5. The first kappa shape index (κ1) is 15.8. The van der Waals surface area contributed by atoms with Crippen molar-refractivity contribution in [2.75, 3.05) is 19.6 Å². The average molecular weight is 314 g/mol. The molecule has 1 fully saturated rings. The summed E-state index contributed by atoms with van der Waals surface area (Å²) in [5, 5.41) is 33.7. The number of quaternary nitrogens is 1. The van der Waals surface area contributed by atoms with E-state index in [4.69, 9.17) is 5.73 Å². The highest BCUT2D eigenvalue weighted by Crippen LogP contribution is 2.39. The molecule has 11 nitrogen and oxygen atoms in total. The summed E-state index contributed by atoms with van der Waals surface area (Å²) in [5.74, 6) is -2.40. The Morgan fingerprint density at radius 1 is 1.27 bits per heavy atom.